The molecule has 0 saturated heterocycles. The van der Waals surface area contributed by atoms with E-state index in [2.05, 4.69) is 11.5 Å². The van der Waals surface area contributed by atoms with Gasteiger partial charge in [0.05, 0.1) is 25.3 Å². The number of rotatable bonds is 6. The van der Waals surface area contributed by atoms with Crippen molar-refractivity contribution < 1.29 is 14.7 Å². The fraction of sp³-hybridized carbons (Fsp3) is 0.118. The van der Waals surface area contributed by atoms with Crippen LogP contribution in [0.3, 0.4) is 0 Å². The minimum Gasteiger partial charge on any atom is -0.463 e. The van der Waals surface area contributed by atoms with E-state index in [9.17, 15) is 0 Å². The van der Waals surface area contributed by atoms with Crippen LogP contribution < -0.4 is 10.2 Å². The predicted molar refractivity (Wildman–Crippen MR) is 82.3 cm³/mol. The summed E-state index contributed by atoms with van der Waals surface area (Å²) in [7, 11) is 1.51. The van der Waals surface area contributed by atoms with E-state index in [1.54, 1.807) is 48.5 Å². The Bertz CT molecular complexity index is 671. The minimum absolute atomic E-state index is 0.00214. The molecule has 112 valence electrons. The summed E-state index contributed by atoms with van der Waals surface area (Å²) in [5.74, 6) is 0.640. The van der Waals surface area contributed by atoms with Gasteiger partial charge in [0.2, 0.25) is 0 Å². The molecule has 0 aliphatic rings. The van der Waals surface area contributed by atoms with Gasteiger partial charge in [0.1, 0.15) is 17.7 Å². The molecule has 2 rings (SSSR count). The van der Waals surface area contributed by atoms with Crippen molar-refractivity contribution in [1.29, 1.82) is 5.26 Å². The molecule has 0 amide bonds. The van der Waals surface area contributed by atoms with Gasteiger partial charge in [0.25, 0.3) is 0 Å². The van der Waals surface area contributed by atoms with Crippen LogP contribution in [0, 0.1) is 11.3 Å². The average molecular weight is 296 g/mol. The Labute approximate surface area is 129 Å². The molecule has 0 radical (unpaired) electrons. The molecule has 22 heavy (non-hydrogen) atoms. The Morgan fingerprint density at radius 2 is 1.86 bits per heavy atom. The largest absolute Gasteiger partial charge is 0.463 e. The molecule has 0 aliphatic carbocycles. The lowest BCUT2D eigenvalue weighted by molar-refractivity contribution is 0.135. The normalized spacial score (nSPS) is 10.9. The summed E-state index contributed by atoms with van der Waals surface area (Å²) in [6.45, 7) is -0.00214. The molecule has 0 aromatic heterocycles. The van der Waals surface area contributed by atoms with Crippen LogP contribution in [0.15, 0.2) is 54.8 Å². The van der Waals surface area contributed by atoms with Crippen LogP contribution in [0.2, 0.25) is 0 Å². The van der Waals surface area contributed by atoms with Crippen LogP contribution in [0.1, 0.15) is 16.7 Å². The highest BCUT2D eigenvalue weighted by atomic mass is 16.6. The second-order valence-corrected chi connectivity index (χ2v) is 4.45. The van der Waals surface area contributed by atoms with Crippen LogP contribution in [0.5, 0.6) is 5.75 Å². The number of nitrogens with one attached hydrogen (secondary N) is 1. The molecule has 2 aromatic rings. The lowest BCUT2D eigenvalue weighted by Gasteiger charge is -2.10. The SMILES string of the molecule is CONC(=COc1ccc(CO)cc1)c1ccc(C#N)cc1. The van der Waals surface area contributed by atoms with E-state index < -0.39 is 0 Å². The van der Waals surface area contributed by atoms with Crippen molar-refractivity contribution in [2.75, 3.05) is 7.11 Å². The van der Waals surface area contributed by atoms with Gasteiger partial charge in [-0.25, -0.2) is 0 Å². The Morgan fingerprint density at radius 3 is 2.41 bits per heavy atom. The number of hydrogen-bond donors (Lipinski definition) is 2. The number of hydrogen-bond acceptors (Lipinski definition) is 5. The second-order valence-electron chi connectivity index (χ2n) is 4.45. The van der Waals surface area contributed by atoms with E-state index in [0.29, 0.717) is 17.0 Å². The molecule has 0 atom stereocenters. The summed E-state index contributed by atoms with van der Waals surface area (Å²) in [6.07, 6.45) is 1.53. The average Bonchev–Trinajstić information content (AvgIpc) is 2.59. The summed E-state index contributed by atoms with van der Waals surface area (Å²) < 4.78 is 5.58. The van der Waals surface area contributed by atoms with Crippen molar-refractivity contribution >= 4 is 5.70 Å². The molecule has 0 unspecified atom stereocenters. The lowest BCUT2D eigenvalue weighted by atomic mass is 10.1. The van der Waals surface area contributed by atoms with Crippen LogP contribution >= 0.6 is 0 Å². The number of hydroxylamine groups is 1. The fourth-order valence-corrected chi connectivity index (χ4v) is 1.79. The van der Waals surface area contributed by atoms with Crippen molar-refractivity contribution in [3.8, 4) is 11.8 Å². The molecule has 0 bridgehead atoms. The third-order valence-electron chi connectivity index (χ3n) is 2.96. The first-order valence-corrected chi connectivity index (χ1v) is 6.63. The Morgan fingerprint density at radius 1 is 1.18 bits per heavy atom. The predicted octanol–water partition coefficient (Wildman–Crippen LogP) is 2.58. The molecule has 5 nitrogen and oxygen atoms in total. The smallest absolute Gasteiger partial charge is 0.126 e. The number of aliphatic hydroxyl groups excluding tert-OH is 1. The molecule has 2 aromatic carbocycles. The van der Waals surface area contributed by atoms with Gasteiger partial charge in [-0.1, -0.05) is 24.3 Å². The molecule has 0 spiro atoms. The number of benzene rings is 2. The highest BCUT2D eigenvalue weighted by Crippen LogP contribution is 2.16. The summed E-state index contributed by atoms with van der Waals surface area (Å²) in [5, 5.41) is 17.8. The summed E-state index contributed by atoms with van der Waals surface area (Å²) in [5.41, 5.74) is 5.59. The first-order valence-electron chi connectivity index (χ1n) is 6.63. The van der Waals surface area contributed by atoms with Gasteiger partial charge in [-0.3, -0.25) is 10.3 Å². The van der Waals surface area contributed by atoms with Crippen molar-refractivity contribution in [2.45, 2.75) is 6.61 Å². The standard InChI is InChI=1S/C17H16N2O3/c1-21-19-17(15-6-2-13(10-18)3-7-15)12-22-16-8-4-14(11-20)5-9-16/h2-9,12,19-20H,11H2,1H3. The van der Waals surface area contributed by atoms with Crippen LogP contribution in [-0.2, 0) is 11.4 Å². The van der Waals surface area contributed by atoms with Crippen molar-refractivity contribution in [2.24, 2.45) is 0 Å². The third kappa shape index (κ3) is 4.09. The Balaban J connectivity index is 2.16. The van der Waals surface area contributed by atoms with E-state index in [1.807, 2.05) is 0 Å². The molecule has 0 saturated carbocycles. The highest BCUT2D eigenvalue weighted by Gasteiger charge is 2.03. The van der Waals surface area contributed by atoms with Gasteiger partial charge in [-0.15, -0.1) is 0 Å². The van der Waals surface area contributed by atoms with Gasteiger partial charge in [0, 0.05) is 5.56 Å². The zero-order valence-electron chi connectivity index (χ0n) is 12.1. The second kappa shape index (κ2) is 7.84. The first-order chi connectivity index (χ1) is 10.8. The topological polar surface area (TPSA) is 74.5 Å². The molecular formula is C17H16N2O3. The van der Waals surface area contributed by atoms with Gasteiger partial charge in [-0.05, 0) is 29.8 Å². The monoisotopic (exact) mass is 296 g/mol. The molecule has 2 N–H and O–H groups in total. The summed E-state index contributed by atoms with van der Waals surface area (Å²) in [6, 6.07) is 16.2. The maximum Gasteiger partial charge on any atom is 0.126 e. The van der Waals surface area contributed by atoms with Gasteiger partial charge >= 0.3 is 0 Å². The van der Waals surface area contributed by atoms with E-state index in [-0.39, 0.29) is 6.61 Å². The van der Waals surface area contributed by atoms with Crippen molar-refractivity contribution in [3.63, 3.8) is 0 Å². The molecular weight excluding hydrogens is 280 g/mol. The first kappa shape index (κ1) is 15.6. The quantitative estimate of drug-likeness (QED) is 0.633. The van der Waals surface area contributed by atoms with Crippen molar-refractivity contribution in [1.82, 2.24) is 5.48 Å². The number of nitrogens with zero attached hydrogens (tertiary/aromatic N) is 1. The summed E-state index contributed by atoms with van der Waals surface area (Å²) in [4.78, 5) is 4.94. The van der Waals surface area contributed by atoms with E-state index in [4.69, 9.17) is 19.9 Å². The van der Waals surface area contributed by atoms with E-state index in [0.717, 1.165) is 11.1 Å². The minimum atomic E-state index is -0.00214. The van der Waals surface area contributed by atoms with E-state index >= 15 is 0 Å². The van der Waals surface area contributed by atoms with Gasteiger partial charge in [0.15, 0.2) is 0 Å². The van der Waals surface area contributed by atoms with Crippen LogP contribution in [0.4, 0.5) is 0 Å². The fourth-order valence-electron chi connectivity index (χ4n) is 1.79. The zero-order chi connectivity index (χ0) is 15.8. The lowest BCUT2D eigenvalue weighted by Crippen LogP contribution is -2.11. The van der Waals surface area contributed by atoms with Crippen LogP contribution in [-0.4, -0.2) is 12.2 Å². The van der Waals surface area contributed by atoms with Gasteiger partial charge < -0.3 is 9.84 Å². The van der Waals surface area contributed by atoms with Crippen molar-refractivity contribution in [3.05, 3.63) is 71.5 Å². The molecule has 0 aliphatic heterocycles. The van der Waals surface area contributed by atoms with E-state index in [1.165, 1.54) is 13.4 Å². The zero-order valence-corrected chi connectivity index (χ0v) is 12.1. The number of aliphatic hydroxyl groups is 1. The third-order valence-corrected chi connectivity index (χ3v) is 2.96. The highest BCUT2D eigenvalue weighted by molar-refractivity contribution is 5.63. The molecule has 5 heteroatoms. The number of ether oxygens (including phenoxy) is 1. The Hall–Kier alpha value is -2.81. The van der Waals surface area contributed by atoms with Gasteiger partial charge in [-0.2, -0.15) is 5.26 Å². The van der Waals surface area contributed by atoms with Crippen LogP contribution in [0.25, 0.3) is 5.70 Å². The Kier molecular flexibility index (Phi) is 5.55. The maximum atomic E-state index is 9.01. The molecule has 0 fully saturated rings. The maximum absolute atomic E-state index is 9.01. The molecule has 0 heterocycles. The number of nitriles is 1. The summed E-state index contributed by atoms with van der Waals surface area (Å²) >= 11 is 0.